The van der Waals surface area contributed by atoms with Gasteiger partial charge in [-0.3, -0.25) is 0 Å². The Morgan fingerprint density at radius 2 is 2.00 bits per heavy atom. The van der Waals surface area contributed by atoms with Gasteiger partial charge >= 0.3 is 0 Å². The Labute approximate surface area is 206 Å². The summed E-state index contributed by atoms with van der Waals surface area (Å²) in [7, 11) is 1.78. The number of alkyl halides is 1. The van der Waals surface area contributed by atoms with E-state index in [2.05, 4.69) is 10.5 Å². The zero-order valence-electron chi connectivity index (χ0n) is 21.0. The first-order chi connectivity index (χ1) is 16.9. The Morgan fingerprint density at radius 1 is 1.20 bits per heavy atom. The molecule has 188 valence electrons. The average Bonchev–Trinajstić information content (AvgIpc) is 3.18. The molecule has 1 aromatic carbocycles. The number of aliphatic hydroxyl groups excluding tert-OH is 1. The van der Waals surface area contributed by atoms with Crippen molar-refractivity contribution in [2.24, 2.45) is 5.92 Å². The molecular weight excluding hydrogens is 447 g/mol. The van der Waals surface area contributed by atoms with E-state index in [-0.39, 0.29) is 12.5 Å². The predicted octanol–water partition coefficient (Wildman–Crippen LogP) is 4.75. The van der Waals surface area contributed by atoms with Crippen LogP contribution in [0.5, 0.6) is 5.75 Å². The van der Waals surface area contributed by atoms with E-state index in [4.69, 9.17) is 19.2 Å². The molecule has 35 heavy (non-hydrogen) atoms. The number of hydrogen-bond donors (Lipinski definition) is 2. The highest BCUT2D eigenvalue weighted by atomic mass is 19.1. The number of nitrogens with zero attached hydrogens (tertiary/aromatic N) is 3. The van der Waals surface area contributed by atoms with Gasteiger partial charge in [-0.05, 0) is 70.7 Å². The van der Waals surface area contributed by atoms with Crippen molar-refractivity contribution in [3.8, 4) is 28.4 Å². The number of halogens is 1. The van der Waals surface area contributed by atoms with E-state index in [0.29, 0.717) is 36.7 Å². The van der Waals surface area contributed by atoms with Gasteiger partial charge in [0, 0.05) is 17.8 Å². The SMILES string of the molecule is CNCC(O)COc1cccc(-c2nc(CC3CCCC[C@H]3F)c(C)c(-c3c(C)noc3C)n2)c1. The summed E-state index contributed by atoms with van der Waals surface area (Å²) in [6, 6.07) is 7.53. The van der Waals surface area contributed by atoms with Crippen LogP contribution in [0.1, 0.15) is 48.4 Å². The quantitative estimate of drug-likeness (QED) is 0.454. The van der Waals surface area contributed by atoms with Gasteiger partial charge in [0.05, 0.1) is 17.0 Å². The molecule has 2 heterocycles. The zero-order valence-corrected chi connectivity index (χ0v) is 21.0. The molecule has 0 spiro atoms. The normalized spacial score (nSPS) is 19.0. The van der Waals surface area contributed by atoms with Gasteiger partial charge in [0.1, 0.15) is 30.4 Å². The Morgan fingerprint density at radius 3 is 2.71 bits per heavy atom. The summed E-state index contributed by atoms with van der Waals surface area (Å²) in [4.78, 5) is 9.85. The standard InChI is InChI=1S/C27H35FN4O3/c1-16-24(13-19-8-5-6-11-23(19)28)30-27(31-26(16)25-17(2)32-35-18(25)3)20-9-7-10-22(12-20)34-15-21(33)14-29-4/h7,9-10,12,19,21,23,29,33H,5-6,8,11,13-15H2,1-4H3/t19?,21?,23-/m1/s1. The minimum Gasteiger partial charge on any atom is -0.491 e. The summed E-state index contributed by atoms with van der Waals surface area (Å²) >= 11 is 0. The molecule has 3 atom stereocenters. The number of aromatic nitrogens is 3. The molecule has 1 aliphatic rings. The van der Waals surface area contributed by atoms with Crippen molar-refractivity contribution >= 4 is 0 Å². The van der Waals surface area contributed by atoms with Crippen molar-refractivity contribution in [2.75, 3.05) is 20.2 Å². The molecule has 1 fully saturated rings. The maximum absolute atomic E-state index is 14.7. The minimum absolute atomic E-state index is 0.0361. The van der Waals surface area contributed by atoms with Crippen LogP contribution in [0.4, 0.5) is 4.39 Å². The smallest absolute Gasteiger partial charge is 0.160 e. The van der Waals surface area contributed by atoms with Gasteiger partial charge in [0.15, 0.2) is 5.82 Å². The van der Waals surface area contributed by atoms with Gasteiger partial charge in [-0.1, -0.05) is 30.1 Å². The third-order valence-electron chi connectivity index (χ3n) is 6.76. The highest BCUT2D eigenvalue weighted by molar-refractivity contribution is 5.71. The van der Waals surface area contributed by atoms with Crippen LogP contribution in [0.25, 0.3) is 22.6 Å². The fourth-order valence-corrected chi connectivity index (χ4v) is 4.81. The predicted molar refractivity (Wildman–Crippen MR) is 133 cm³/mol. The van der Waals surface area contributed by atoms with Crippen molar-refractivity contribution in [1.82, 2.24) is 20.4 Å². The molecule has 2 aromatic heterocycles. The maximum atomic E-state index is 14.7. The van der Waals surface area contributed by atoms with E-state index in [1.165, 1.54) is 0 Å². The van der Waals surface area contributed by atoms with Crippen molar-refractivity contribution in [3.05, 3.63) is 47.0 Å². The largest absolute Gasteiger partial charge is 0.491 e. The van der Waals surface area contributed by atoms with Crippen LogP contribution in [0.2, 0.25) is 0 Å². The molecule has 0 bridgehead atoms. The van der Waals surface area contributed by atoms with Crippen molar-refractivity contribution in [1.29, 1.82) is 0 Å². The average molecular weight is 483 g/mol. The molecule has 3 aromatic rings. The fraction of sp³-hybridized carbons (Fsp3) is 0.519. The number of ether oxygens (including phenoxy) is 1. The van der Waals surface area contributed by atoms with Crippen molar-refractivity contribution in [3.63, 3.8) is 0 Å². The maximum Gasteiger partial charge on any atom is 0.160 e. The van der Waals surface area contributed by atoms with E-state index >= 15 is 0 Å². The number of aryl methyl sites for hydroxylation is 2. The van der Waals surface area contributed by atoms with Crippen LogP contribution in [-0.2, 0) is 6.42 Å². The van der Waals surface area contributed by atoms with E-state index in [0.717, 1.165) is 53.0 Å². The molecule has 7 nitrogen and oxygen atoms in total. The summed E-state index contributed by atoms with van der Waals surface area (Å²) in [5.74, 6) is 1.83. The second-order valence-corrected chi connectivity index (χ2v) is 9.48. The second kappa shape index (κ2) is 11.3. The summed E-state index contributed by atoms with van der Waals surface area (Å²) in [6.45, 7) is 6.39. The first-order valence-electron chi connectivity index (χ1n) is 12.4. The zero-order chi connectivity index (χ0) is 24.9. The lowest BCUT2D eigenvalue weighted by molar-refractivity contribution is 0.108. The fourth-order valence-electron chi connectivity index (χ4n) is 4.81. The topological polar surface area (TPSA) is 93.3 Å². The lowest BCUT2D eigenvalue weighted by atomic mass is 9.83. The molecule has 8 heteroatoms. The highest BCUT2D eigenvalue weighted by Gasteiger charge is 2.28. The lowest BCUT2D eigenvalue weighted by Gasteiger charge is -2.26. The molecule has 1 aliphatic carbocycles. The number of nitrogens with one attached hydrogen (secondary N) is 1. The summed E-state index contributed by atoms with van der Waals surface area (Å²) < 4.78 is 26.0. The van der Waals surface area contributed by atoms with Crippen LogP contribution in [0.3, 0.4) is 0 Å². The molecule has 2 N–H and O–H groups in total. The summed E-state index contributed by atoms with van der Waals surface area (Å²) in [6.07, 6.45) is 2.66. The van der Waals surface area contributed by atoms with E-state index < -0.39 is 12.3 Å². The van der Waals surface area contributed by atoms with Gasteiger partial charge in [-0.25, -0.2) is 14.4 Å². The monoisotopic (exact) mass is 482 g/mol. The van der Waals surface area contributed by atoms with Crippen LogP contribution >= 0.6 is 0 Å². The van der Waals surface area contributed by atoms with Crippen molar-refractivity contribution in [2.45, 2.75) is 65.2 Å². The highest BCUT2D eigenvalue weighted by Crippen LogP contribution is 2.35. The number of likely N-dealkylation sites (N-methyl/N-ethyl adjacent to an activating group) is 1. The van der Waals surface area contributed by atoms with Gasteiger partial charge in [-0.2, -0.15) is 0 Å². The van der Waals surface area contributed by atoms with Crippen LogP contribution in [0, 0.1) is 26.7 Å². The molecule has 0 radical (unpaired) electrons. The second-order valence-electron chi connectivity index (χ2n) is 9.48. The summed E-state index contributed by atoms with van der Waals surface area (Å²) in [5.41, 5.74) is 4.97. The number of aliphatic hydroxyl groups is 1. The summed E-state index contributed by atoms with van der Waals surface area (Å²) in [5, 5.41) is 17.0. The Bertz CT molecular complexity index is 1130. The van der Waals surface area contributed by atoms with Gasteiger partial charge in [0.25, 0.3) is 0 Å². The third-order valence-corrected chi connectivity index (χ3v) is 6.76. The van der Waals surface area contributed by atoms with Gasteiger partial charge in [-0.15, -0.1) is 0 Å². The van der Waals surface area contributed by atoms with Crippen LogP contribution < -0.4 is 10.1 Å². The molecule has 0 saturated heterocycles. The van der Waals surface area contributed by atoms with Crippen LogP contribution in [0.15, 0.2) is 28.8 Å². The molecule has 0 amide bonds. The third kappa shape index (κ3) is 5.87. The van der Waals surface area contributed by atoms with E-state index in [1.54, 1.807) is 7.05 Å². The molecular formula is C27H35FN4O3. The molecule has 2 unspecified atom stereocenters. The Balaban J connectivity index is 1.73. The molecule has 4 rings (SSSR count). The van der Waals surface area contributed by atoms with Gasteiger partial charge < -0.3 is 19.7 Å². The number of benzene rings is 1. The Kier molecular flexibility index (Phi) is 8.13. The van der Waals surface area contributed by atoms with E-state index in [9.17, 15) is 9.50 Å². The first kappa shape index (κ1) is 25.3. The lowest BCUT2D eigenvalue weighted by Crippen LogP contribution is -2.29. The van der Waals surface area contributed by atoms with Gasteiger partial charge in [0.2, 0.25) is 0 Å². The van der Waals surface area contributed by atoms with Crippen molar-refractivity contribution < 1.29 is 18.8 Å². The minimum atomic E-state index is -0.801. The van der Waals surface area contributed by atoms with Crippen LogP contribution in [-0.4, -0.2) is 52.7 Å². The number of rotatable bonds is 9. The van der Waals surface area contributed by atoms with E-state index in [1.807, 2.05) is 45.0 Å². The molecule has 0 aliphatic heterocycles. The Hall–Kier alpha value is -2.84. The first-order valence-corrected chi connectivity index (χ1v) is 12.4. The number of hydrogen-bond acceptors (Lipinski definition) is 7. The molecule has 1 saturated carbocycles.